The first-order valence-corrected chi connectivity index (χ1v) is 7.39. The first-order valence-electron chi connectivity index (χ1n) is 6.31. The second kappa shape index (κ2) is 5.02. The predicted octanol–water partition coefficient (Wildman–Crippen LogP) is -0.380. The van der Waals surface area contributed by atoms with E-state index in [1.807, 2.05) is 0 Å². The molecule has 3 heterocycles. The van der Waals surface area contributed by atoms with E-state index in [1.54, 1.807) is 10.8 Å². The summed E-state index contributed by atoms with van der Waals surface area (Å²) >= 11 is 2.09. The van der Waals surface area contributed by atoms with Crippen LogP contribution in [0.15, 0.2) is 12.5 Å². The van der Waals surface area contributed by atoms with Crippen LogP contribution in [0, 0.1) is 3.57 Å². The Kier molecular flexibility index (Phi) is 3.56. The summed E-state index contributed by atoms with van der Waals surface area (Å²) in [6.07, 6.45) is 0.0986. The predicted molar refractivity (Wildman–Crippen MR) is 82.3 cm³/mol. The van der Waals surface area contributed by atoms with E-state index >= 15 is 0 Å². The number of hydrogen-bond acceptors (Lipinski definition) is 7. The number of nitrogens with two attached hydrogens (primary N) is 1. The molecule has 8 nitrogen and oxygen atoms in total. The van der Waals surface area contributed by atoms with Crippen molar-refractivity contribution in [3.63, 3.8) is 0 Å². The van der Waals surface area contributed by atoms with Gasteiger partial charge in [-0.3, -0.25) is 0 Å². The fourth-order valence-corrected chi connectivity index (χ4v) is 3.45. The molecule has 0 bridgehead atoms. The molecule has 0 aliphatic carbocycles. The number of aromatic nitrogens is 3. The highest BCUT2D eigenvalue weighted by atomic mass is 127. The van der Waals surface area contributed by atoms with Crippen LogP contribution in [0.1, 0.15) is 13.2 Å². The summed E-state index contributed by atoms with van der Waals surface area (Å²) in [4.78, 5) is 8.13. The Morgan fingerprint density at radius 2 is 2.24 bits per heavy atom. The van der Waals surface area contributed by atoms with Crippen LogP contribution in [0.4, 0.5) is 5.82 Å². The van der Waals surface area contributed by atoms with E-state index in [2.05, 4.69) is 32.6 Å². The summed E-state index contributed by atoms with van der Waals surface area (Å²) in [6.45, 7) is 1.07. The number of aliphatic hydroxyl groups excluding tert-OH is 2. The van der Waals surface area contributed by atoms with E-state index in [-0.39, 0.29) is 6.61 Å². The van der Waals surface area contributed by atoms with Gasteiger partial charge in [0.15, 0.2) is 6.23 Å². The van der Waals surface area contributed by atoms with E-state index in [0.717, 1.165) is 3.57 Å². The van der Waals surface area contributed by atoms with Gasteiger partial charge in [-0.05, 0) is 29.5 Å². The summed E-state index contributed by atoms with van der Waals surface area (Å²) < 4.78 is 8.01. The van der Waals surface area contributed by atoms with Gasteiger partial charge in [0.05, 0.1) is 12.0 Å². The zero-order valence-electron chi connectivity index (χ0n) is 11.1. The minimum atomic E-state index is -1.57. The van der Waals surface area contributed by atoms with E-state index in [9.17, 15) is 15.3 Å². The number of halogens is 1. The van der Waals surface area contributed by atoms with Crippen molar-refractivity contribution in [2.24, 2.45) is 0 Å². The highest BCUT2D eigenvalue weighted by Gasteiger charge is 2.53. The van der Waals surface area contributed by atoms with Crippen LogP contribution in [-0.2, 0) is 4.74 Å². The molecule has 1 unspecified atom stereocenters. The zero-order valence-corrected chi connectivity index (χ0v) is 13.3. The van der Waals surface area contributed by atoms with Crippen molar-refractivity contribution in [3.8, 4) is 0 Å². The van der Waals surface area contributed by atoms with Gasteiger partial charge in [-0.25, -0.2) is 9.97 Å². The second-order valence-electron chi connectivity index (χ2n) is 5.22. The average Bonchev–Trinajstić information content (AvgIpc) is 2.87. The highest BCUT2D eigenvalue weighted by molar-refractivity contribution is 14.1. The molecule has 21 heavy (non-hydrogen) atoms. The Morgan fingerprint density at radius 3 is 2.86 bits per heavy atom. The molecule has 9 heteroatoms. The van der Waals surface area contributed by atoms with Crippen molar-refractivity contribution in [1.29, 1.82) is 0 Å². The minimum absolute atomic E-state index is 0.333. The maximum atomic E-state index is 10.5. The van der Waals surface area contributed by atoms with Crippen LogP contribution >= 0.6 is 22.6 Å². The fraction of sp³-hybridized carbons (Fsp3) is 0.500. The molecule has 5 N–H and O–H groups in total. The number of nitrogens with zero attached hydrogens (tertiary/aromatic N) is 3. The third kappa shape index (κ3) is 2.11. The summed E-state index contributed by atoms with van der Waals surface area (Å²) in [5.41, 5.74) is 4.79. The van der Waals surface area contributed by atoms with Crippen molar-refractivity contribution in [2.75, 3.05) is 12.3 Å². The van der Waals surface area contributed by atoms with E-state index < -0.39 is 24.0 Å². The number of aliphatic hydroxyl groups is 3. The topological polar surface area (TPSA) is 127 Å². The minimum Gasteiger partial charge on any atom is -0.394 e. The molecule has 0 aromatic carbocycles. The average molecular weight is 406 g/mol. The molecule has 1 aliphatic heterocycles. The van der Waals surface area contributed by atoms with Gasteiger partial charge in [-0.1, -0.05) is 0 Å². The molecule has 0 amide bonds. The number of fused-ring (bicyclic) bond motifs is 1. The van der Waals surface area contributed by atoms with Crippen molar-refractivity contribution < 1.29 is 20.1 Å². The standard InChI is InChI=1S/C12H15IN4O4/c1-12(20)8(19)6(3-18)21-11(12)17-2-5(13)7-9(14)15-4-16-10(7)17/h2,4,6,8,11,18-20H,3H2,1H3,(H2,14,15,16)/t6-,8-,11-,12?/m1/s1. The molecule has 2 aromatic rings. The molecule has 0 spiro atoms. The fourth-order valence-electron chi connectivity index (χ4n) is 2.63. The number of ether oxygens (including phenoxy) is 1. The smallest absolute Gasteiger partial charge is 0.167 e. The third-order valence-electron chi connectivity index (χ3n) is 3.78. The van der Waals surface area contributed by atoms with Crippen LogP contribution in [-0.4, -0.2) is 54.3 Å². The van der Waals surface area contributed by atoms with Gasteiger partial charge >= 0.3 is 0 Å². The SMILES string of the molecule is CC1(O)[C@H](O)[C@@H](CO)O[C@H]1n1cc(I)c2c(N)ncnc21. The van der Waals surface area contributed by atoms with Crippen LogP contribution in [0.2, 0.25) is 0 Å². The second-order valence-corrected chi connectivity index (χ2v) is 6.38. The van der Waals surface area contributed by atoms with Gasteiger partial charge in [0.1, 0.15) is 35.6 Å². The Bertz CT molecular complexity index is 689. The Hall–Kier alpha value is -1.01. The molecule has 0 saturated carbocycles. The lowest BCUT2D eigenvalue weighted by Crippen LogP contribution is -2.44. The Balaban J connectivity index is 2.15. The number of nitrogen functional groups attached to an aromatic ring is 1. The van der Waals surface area contributed by atoms with Crippen LogP contribution in [0.25, 0.3) is 11.0 Å². The molecule has 1 fully saturated rings. The zero-order chi connectivity index (χ0) is 15.4. The molecular formula is C12H15IN4O4. The van der Waals surface area contributed by atoms with Crippen molar-refractivity contribution >= 4 is 39.4 Å². The van der Waals surface area contributed by atoms with Gasteiger partial charge in [0.25, 0.3) is 0 Å². The first-order chi connectivity index (χ1) is 9.87. The highest BCUT2D eigenvalue weighted by Crippen LogP contribution is 2.40. The van der Waals surface area contributed by atoms with Crippen LogP contribution in [0.5, 0.6) is 0 Å². The van der Waals surface area contributed by atoms with Crippen molar-refractivity contribution in [2.45, 2.75) is 31.0 Å². The third-order valence-corrected chi connectivity index (χ3v) is 4.60. The molecule has 4 atom stereocenters. The molecule has 3 rings (SSSR count). The number of hydrogen-bond donors (Lipinski definition) is 4. The Labute approximate surface area is 133 Å². The maximum absolute atomic E-state index is 10.5. The summed E-state index contributed by atoms with van der Waals surface area (Å²) in [5.74, 6) is 0.333. The van der Waals surface area contributed by atoms with Crippen LogP contribution < -0.4 is 5.73 Å². The first kappa shape index (κ1) is 14.9. The van der Waals surface area contributed by atoms with E-state index in [0.29, 0.717) is 16.9 Å². The Morgan fingerprint density at radius 1 is 1.52 bits per heavy atom. The van der Waals surface area contributed by atoms with Gasteiger partial charge in [-0.2, -0.15) is 0 Å². The van der Waals surface area contributed by atoms with E-state index in [1.165, 1.54) is 13.3 Å². The largest absolute Gasteiger partial charge is 0.394 e. The van der Waals surface area contributed by atoms with Gasteiger partial charge < -0.3 is 30.4 Å². The lowest BCUT2D eigenvalue weighted by Gasteiger charge is -2.27. The summed E-state index contributed by atoms with van der Waals surface area (Å²) in [7, 11) is 0. The monoisotopic (exact) mass is 406 g/mol. The van der Waals surface area contributed by atoms with Gasteiger partial charge in [0.2, 0.25) is 0 Å². The lowest BCUT2D eigenvalue weighted by molar-refractivity contribution is -0.0948. The van der Waals surface area contributed by atoms with Crippen molar-refractivity contribution in [3.05, 3.63) is 16.1 Å². The maximum Gasteiger partial charge on any atom is 0.167 e. The molecule has 2 aromatic heterocycles. The van der Waals surface area contributed by atoms with Crippen molar-refractivity contribution in [1.82, 2.24) is 14.5 Å². The van der Waals surface area contributed by atoms with Crippen LogP contribution in [0.3, 0.4) is 0 Å². The lowest BCUT2D eigenvalue weighted by atomic mass is 9.96. The van der Waals surface area contributed by atoms with Gasteiger partial charge in [-0.15, -0.1) is 0 Å². The summed E-state index contributed by atoms with van der Waals surface area (Å²) in [5, 5.41) is 30.5. The van der Waals surface area contributed by atoms with Gasteiger partial charge in [0, 0.05) is 9.77 Å². The summed E-state index contributed by atoms with van der Waals surface area (Å²) in [6, 6.07) is 0. The number of anilines is 1. The van der Waals surface area contributed by atoms with E-state index in [4.69, 9.17) is 10.5 Å². The number of rotatable bonds is 2. The quantitative estimate of drug-likeness (QED) is 0.501. The molecular weight excluding hydrogens is 391 g/mol. The molecule has 114 valence electrons. The normalized spacial score (nSPS) is 32.9. The molecule has 1 saturated heterocycles. The molecule has 1 aliphatic rings. The molecule has 0 radical (unpaired) electrons.